The van der Waals surface area contributed by atoms with Gasteiger partial charge in [-0.05, 0) is 42.0 Å². The number of aromatic nitrogens is 2. The molecule has 4 N–H and O–H groups in total. The first-order valence-electron chi connectivity index (χ1n) is 9.60. The number of hydrogen-bond acceptors (Lipinski definition) is 6. The number of primary amides is 1. The minimum atomic E-state index is -0.523. The maximum atomic E-state index is 12.7. The van der Waals surface area contributed by atoms with Gasteiger partial charge in [0, 0.05) is 31.9 Å². The first-order valence-corrected chi connectivity index (χ1v) is 10.4. The van der Waals surface area contributed by atoms with Crippen LogP contribution < -0.4 is 32.1 Å². The van der Waals surface area contributed by atoms with Gasteiger partial charge >= 0.3 is 5.69 Å². The summed E-state index contributed by atoms with van der Waals surface area (Å²) in [4.78, 5) is 42.3. The van der Waals surface area contributed by atoms with Crippen LogP contribution in [0.3, 0.4) is 0 Å². The number of H-pyrrole nitrogens is 1. The van der Waals surface area contributed by atoms with Crippen molar-refractivity contribution in [3.05, 3.63) is 84.5 Å². The number of hydrogen-bond donors (Lipinski definition) is 3. The van der Waals surface area contributed by atoms with Crippen molar-refractivity contribution >= 4 is 46.3 Å². The molecule has 1 aliphatic rings. The lowest BCUT2D eigenvalue weighted by Crippen LogP contribution is -2.47. The van der Waals surface area contributed by atoms with Crippen molar-refractivity contribution in [3.8, 4) is 0 Å². The monoisotopic (exact) mass is 474 g/mol. The molecular formula is C21H20Cl2N6O3. The Morgan fingerprint density at radius 1 is 1.09 bits per heavy atom. The third-order valence-electron chi connectivity index (χ3n) is 5.36. The van der Waals surface area contributed by atoms with Crippen LogP contribution in [-0.2, 0) is 13.6 Å². The van der Waals surface area contributed by atoms with E-state index < -0.39 is 23.4 Å². The number of fused-ring (bicyclic) bond motifs is 1. The van der Waals surface area contributed by atoms with Gasteiger partial charge in [0.2, 0.25) is 5.91 Å². The lowest BCUT2D eigenvalue weighted by molar-refractivity contribution is 0.100. The average molecular weight is 475 g/mol. The number of rotatable bonds is 5. The van der Waals surface area contributed by atoms with Crippen molar-refractivity contribution < 1.29 is 4.79 Å². The number of halogens is 2. The summed E-state index contributed by atoms with van der Waals surface area (Å²) >= 11 is 12.2. The number of anilines is 3. The van der Waals surface area contributed by atoms with Gasteiger partial charge in [-0.1, -0.05) is 29.3 Å². The summed E-state index contributed by atoms with van der Waals surface area (Å²) in [5, 5.41) is 4.19. The first kappa shape index (κ1) is 21.8. The lowest BCUT2D eigenvalue weighted by Gasteiger charge is -2.32. The normalized spacial score (nSPS) is 15.1. The molecule has 0 radical (unpaired) electrons. The fourth-order valence-electron chi connectivity index (χ4n) is 3.74. The summed E-state index contributed by atoms with van der Waals surface area (Å²) in [6.07, 6.45) is -0.520. The SMILES string of the molecule is CN1c2c(n(C)c(=O)[nH]c2=O)N(Cc2ccc(Cl)c(Cl)c2)C1Nc1ccc(C(N)=O)cc1. The van der Waals surface area contributed by atoms with Gasteiger partial charge in [0.15, 0.2) is 6.29 Å². The van der Waals surface area contributed by atoms with Crippen LogP contribution in [0.1, 0.15) is 15.9 Å². The molecule has 2 heterocycles. The maximum absolute atomic E-state index is 12.7. The van der Waals surface area contributed by atoms with Gasteiger partial charge in [-0.15, -0.1) is 0 Å². The predicted octanol–water partition coefficient (Wildman–Crippen LogP) is 2.33. The van der Waals surface area contributed by atoms with Crippen molar-refractivity contribution in [2.45, 2.75) is 12.8 Å². The minimum absolute atomic E-state index is 0.335. The van der Waals surface area contributed by atoms with Crippen molar-refractivity contribution in [1.82, 2.24) is 9.55 Å². The molecule has 0 saturated heterocycles. The smallest absolute Gasteiger partial charge is 0.329 e. The number of benzene rings is 2. The van der Waals surface area contributed by atoms with Crippen LogP contribution in [0, 0.1) is 0 Å². The van der Waals surface area contributed by atoms with E-state index in [0.29, 0.717) is 39.3 Å². The van der Waals surface area contributed by atoms with Gasteiger partial charge in [-0.3, -0.25) is 19.1 Å². The Bertz CT molecular complexity index is 1320. The fourth-order valence-corrected chi connectivity index (χ4v) is 4.06. The number of nitrogens with one attached hydrogen (secondary N) is 2. The molecule has 9 nitrogen and oxygen atoms in total. The van der Waals surface area contributed by atoms with Crippen LogP contribution in [0.15, 0.2) is 52.1 Å². The first-order chi connectivity index (χ1) is 15.2. The number of amides is 1. The molecule has 32 heavy (non-hydrogen) atoms. The number of carbonyl (C=O) groups excluding carboxylic acids is 1. The van der Waals surface area contributed by atoms with Gasteiger partial charge in [0.05, 0.1) is 10.0 Å². The van der Waals surface area contributed by atoms with E-state index in [0.717, 1.165) is 5.56 Å². The van der Waals surface area contributed by atoms with E-state index in [1.54, 1.807) is 55.4 Å². The van der Waals surface area contributed by atoms with Crippen LogP contribution in [-0.4, -0.2) is 28.8 Å². The van der Waals surface area contributed by atoms with E-state index in [1.165, 1.54) is 4.57 Å². The summed E-state index contributed by atoms with van der Waals surface area (Å²) in [6.45, 7) is 0.335. The molecule has 0 saturated carbocycles. The predicted molar refractivity (Wildman–Crippen MR) is 126 cm³/mol. The van der Waals surface area contributed by atoms with Gasteiger partial charge in [-0.2, -0.15) is 0 Å². The highest BCUT2D eigenvalue weighted by Crippen LogP contribution is 2.36. The van der Waals surface area contributed by atoms with Gasteiger partial charge < -0.3 is 20.9 Å². The Kier molecular flexibility index (Phi) is 5.62. The van der Waals surface area contributed by atoms with E-state index in [2.05, 4.69) is 10.3 Å². The average Bonchev–Trinajstić information content (AvgIpc) is 3.01. The third-order valence-corrected chi connectivity index (χ3v) is 6.10. The van der Waals surface area contributed by atoms with Gasteiger partial charge in [0.25, 0.3) is 5.56 Å². The van der Waals surface area contributed by atoms with Crippen LogP contribution in [0.4, 0.5) is 17.2 Å². The second-order valence-corrected chi connectivity index (χ2v) is 8.25. The Labute approximate surface area is 193 Å². The highest BCUT2D eigenvalue weighted by atomic mass is 35.5. The van der Waals surface area contributed by atoms with Crippen molar-refractivity contribution in [2.24, 2.45) is 12.8 Å². The van der Waals surface area contributed by atoms with E-state index in [-0.39, 0.29) is 0 Å². The zero-order valence-electron chi connectivity index (χ0n) is 17.2. The van der Waals surface area contributed by atoms with Gasteiger partial charge in [0.1, 0.15) is 11.5 Å². The number of nitrogens with zero attached hydrogens (tertiary/aromatic N) is 3. The topological polar surface area (TPSA) is 116 Å². The zero-order valence-corrected chi connectivity index (χ0v) is 18.7. The third kappa shape index (κ3) is 3.80. The number of nitrogens with two attached hydrogens (primary N) is 1. The Morgan fingerprint density at radius 2 is 1.78 bits per heavy atom. The second kappa shape index (κ2) is 8.25. The van der Waals surface area contributed by atoms with Gasteiger partial charge in [-0.25, -0.2) is 4.79 Å². The standard InChI is InChI=1S/C21H20Cl2N6O3/c1-27-16-18(31)26-21(32)28(2)19(16)29(10-11-3-8-14(22)15(23)9-11)20(27)25-13-6-4-12(5-7-13)17(24)30/h3-9,20,25H,10H2,1-2H3,(H2,24,30)(H,26,31,32). The molecule has 1 unspecified atom stereocenters. The summed E-state index contributed by atoms with van der Waals surface area (Å²) < 4.78 is 1.39. The summed E-state index contributed by atoms with van der Waals surface area (Å²) in [5.41, 5.74) is 6.57. The molecule has 2 aromatic carbocycles. The van der Waals surface area contributed by atoms with E-state index in [1.807, 2.05) is 11.0 Å². The molecule has 11 heteroatoms. The molecule has 1 amide bonds. The van der Waals surface area contributed by atoms with E-state index in [9.17, 15) is 14.4 Å². The highest BCUT2D eigenvalue weighted by molar-refractivity contribution is 6.42. The van der Waals surface area contributed by atoms with E-state index in [4.69, 9.17) is 28.9 Å². The maximum Gasteiger partial charge on any atom is 0.329 e. The van der Waals surface area contributed by atoms with Crippen LogP contribution in [0.2, 0.25) is 10.0 Å². The molecule has 1 aromatic heterocycles. The zero-order chi connectivity index (χ0) is 23.2. The molecule has 3 aromatic rings. The van der Waals surface area contributed by atoms with Crippen molar-refractivity contribution in [2.75, 3.05) is 22.2 Å². The molecule has 0 aliphatic carbocycles. The molecule has 4 rings (SSSR count). The quantitative estimate of drug-likeness (QED) is 0.522. The fraction of sp³-hybridized carbons (Fsp3) is 0.190. The second-order valence-electron chi connectivity index (χ2n) is 7.44. The lowest BCUT2D eigenvalue weighted by atomic mass is 10.2. The summed E-state index contributed by atoms with van der Waals surface area (Å²) in [6, 6.07) is 11.9. The van der Waals surface area contributed by atoms with Crippen LogP contribution >= 0.6 is 23.2 Å². The Hall–Kier alpha value is -3.43. The molecule has 1 aliphatic heterocycles. The molecule has 0 bridgehead atoms. The molecule has 1 atom stereocenters. The molecular weight excluding hydrogens is 455 g/mol. The largest absolute Gasteiger partial charge is 0.366 e. The minimum Gasteiger partial charge on any atom is -0.366 e. The Balaban J connectivity index is 1.77. The molecule has 166 valence electrons. The summed E-state index contributed by atoms with van der Waals surface area (Å²) in [5.74, 6) is -0.0664. The van der Waals surface area contributed by atoms with E-state index >= 15 is 0 Å². The van der Waals surface area contributed by atoms with Crippen molar-refractivity contribution in [1.29, 1.82) is 0 Å². The highest BCUT2D eigenvalue weighted by Gasteiger charge is 2.38. The number of aromatic amines is 1. The van der Waals surface area contributed by atoms with Crippen molar-refractivity contribution in [3.63, 3.8) is 0 Å². The Morgan fingerprint density at radius 3 is 2.41 bits per heavy atom. The molecule has 0 fully saturated rings. The van der Waals surface area contributed by atoms with Crippen LogP contribution in [0.25, 0.3) is 0 Å². The van der Waals surface area contributed by atoms with Crippen LogP contribution in [0.5, 0.6) is 0 Å². The summed E-state index contributed by atoms with van der Waals surface area (Å²) in [7, 11) is 3.35. The molecule has 0 spiro atoms. The number of carbonyl (C=O) groups is 1.